The molecule has 4 aliphatic rings. The highest BCUT2D eigenvalue weighted by molar-refractivity contribution is 6.13. The standard InChI is InChI=1S/C44H41N3O7/c1-26-14-17-30(18-15-26)45-47-41(50)35-24-33-31(19-20-32-38(33)42(51)46(40(32)49)25-27-10-6-4-7-11-27)34(44(35,43(47)52)29-12-8-5-9-13-29)21-16-28-22-36(53-2)39(48)37(23-28)54-3/h4-19,21-23,32-35,38,45,48H,20,24-25H2,1-3H3/t32-,33+,34-,35-,38-,44-/m0/s1. The van der Waals surface area contributed by atoms with E-state index in [-0.39, 0.29) is 42.0 Å². The summed E-state index contributed by atoms with van der Waals surface area (Å²) in [6.45, 7) is 2.13. The Morgan fingerprint density at radius 2 is 1.48 bits per heavy atom. The number of phenols is 1. The molecule has 0 spiro atoms. The minimum Gasteiger partial charge on any atom is -0.502 e. The van der Waals surface area contributed by atoms with Crippen molar-refractivity contribution in [2.45, 2.75) is 31.7 Å². The number of amides is 4. The molecule has 4 aromatic carbocycles. The summed E-state index contributed by atoms with van der Waals surface area (Å²) in [6.07, 6.45) is 6.34. The van der Waals surface area contributed by atoms with Gasteiger partial charge in [-0.3, -0.25) is 29.5 Å². The molecular formula is C44H41N3O7. The first kappa shape index (κ1) is 34.9. The summed E-state index contributed by atoms with van der Waals surface area (Å²) in [6, 6.07) is 29.6. The van der Waals surface area contributed by atoms with Crippen LogP contribution in [0.2, 0.25) is 0 Å². The van der Waals surface area contributed by atoms with Crippen molar-refractivity contribution in [2.75, 3.05) is 19.6 Å². The van der Waals surface area contributed by atoms with E-state index in [2.05, 4.69) is 5.43 Å². The maximum absolute atomic E-state index is 15.3. The highest BCUT2D eigenvalue weighted by atomic mass is 16.5. The van der Waals surface area contributed by atoms with E-state index in [0.29, 0.717) is 23.2 Å². The molecule has 2 aliphatic carbocycles. The first-order chi connectivity index (χ1) is 26.2. The Bertz CT molecular complexity index is 2180. The van der Waals surface area contributed by atoms with Gasteiger partial charge in [0.2, 0.25) is 17.6 Å². The van der Waals surface area contributed by atoms with E-state index in [4.69, 9.17) is 9.47 Å². The number of methoxy groups -OCH3 is 2. The number of aromatic hydroxyl groups is 1. The molecule has 8 rings (SSSR count). The number of allylic oxidation sites excluding steroid dienone is 3. The monoisotopic (exact) mass is 723 g/mol. The number of imide groups is 2. The number of rotatable bonds is 9. The SMILES string of the molecule is COc1cc(C=C[C@H]2C3=CC[C@@H]4C(=O)N(Cc5ccccc5)C(=O)[C@@H]4[C@@H]3C[C@H]3C(=O)N(Nc4ccc(C)cc4)C(=O)[C@@]23c2ccccc2)cc(OC)c1O. The second-order valence-corrected chi connectivity index (χ2v) is 14.5. The summed E-state index contributed by atoms with van der Waals surface area (Å²) in [4.78, 5) is 59.8. The van der Waals surface area contributed by atoms with E-state index in [9.17, 15) is 19.5 Å². The van der Waals surface area contributed by atoms with Crippen molar-refractivity contribution in [2.24, 2.45) is 29.6 Å². The minimum absolute atomic E-state index is 0.143. The van der Waals surface area contributed by atoms with Gasteiger partial charge in [-0.1, -0.05) is 102 Å². The van der Waals surface area contributed by atoms with Crippen LogP contribution in [0.15, 0.2) is 115 Å². The van der Waals surface area contributed by atoms with Crippen LogP contribution in [-0.2, 0) is 31.1 Å². The zero-order chi connectivity index (χ0) is 37.7. The second-order valence-electron chi connectivity index (χ2n) is 14.5. The number of carbonyl (C=O) groups is 4. The van der Waals surface area contributed by atoms with Crippen LogP contribution in [0.4, 0.5) is 5.69 Å². The third-order valence-corrected chi connectivity index (χ3v) is 11.7. The summed E-state index contributed by atoms with van der Waals surface area (Å²) in [7, 11) is 2.90. The molecule has 4 aromatic rings. The largest absolute Gasteiger partial charge is 0.502 e. The number of hydrazine groups is 1. The molecule has 0 radical (unpaired) electrons. The Morgan fingerprint density at radius 1 is 0.833 bits per heavy atom. The van der Waals surface area contributed by atoms with Crippen LogP contribution in [0.5, 0.6) is 17.2 Å². The second kappa shape index (κ2) is 13.7. The highest BCUT2D eigenvalue weighted by Gasteiger charge is 2.69. The summed E-state index contributed by atoms with van der Waals surface area (Å²) >= 11 is 0. The van der Waals surface area contributed by atoms with Gasteiger partial charge < -0.3 is 14.6 Å². The topological polar surface area (TPSA) is 125 Å². The van der Waals surface area contributed by atoms with E-state index in [1.807, 2.05) is 110 Å². The highest BCUT2D eigenvalue weighted by Crippen LogP contribution is 2.61. The fourth-order valence-electron chi connectivity index (χ4n) is 9.20. The number of hydrogen-bond acceptors (Lipinski definition) is 8. The Hall–Kier alpha value is -6.16. The zero-order valence-corrected chi connectivity index (χ0v) is 30.3. The van der Waals surface area contributed by atoms with Crippen LogP contribution in [0.3, 0.4) is 0 Å². The molecule has 1 saturated carbocycles. The fourth-order valence-corrected chi connectivity index (χ4v) is 9.20. The van der Waals surface area contributed by atoms with Crippen LogP contribution in [0.1, 0.15) is 35.1 Å². The Kier molecular flexibility index (Phi) is 8.84. The van der Waals surface area contributed by atoms with E-state index in [0.717, 1.165) is 21.7 Å². The van der Waals surface area contributed by atoms with Gasteiger partial charge in [-0.2, -0.15) is 5.01 Å². The number of nitrogens with one attached hydrogen (secondary N) is 1. The number of anilines is 1. The molecule has 2 heterocycles. The van der Waals surface area contributed by atoms with Gasteiger partial charge in [-0.25, -0.2) is 0 Å². The predicted octanol–water partition coefficient (Wildman–Crippen LogP) is 6.45. The number of carbonyl (C=O) groups excluding carboxylic acids is 4. The maximum Gasteiger partial charge on any atom is 0.260 e. The number of fused-ring (bicyclic) bond motifs is 4. The molecule has 2 saturated heterocycles. The smallest absolute Gasteiger partial charge is 0.260 e. The van der Waals surface area contributed by atoms with Gasteiger partial charge in [0.15, 0.2) is 11.5 Å². The number of likely N-dealkylation sites (tertiary alicyclic amines) is 1. The molecule has 0 aromatic heterocycles. The number of nitrogens with zero attached hydrogens (tertiary/aromatic N) is 2. The van der Waals surface area contributed by atoms with Gasteiger partial charge in [-0.05, 0) is 66.6 Å². The molecule has 54 heavy (non-hydrogen) atoms. The summed E-state index contributed by atoms with van der Waals surface area (Å²) < 4.78 is 10.9. The van der Waals surface area contributed by atoms with Crippen LogP contribution in [0.25, 0.3) is 6.08 Å². The quantitative estimate of drug-likeness (QED) is 0.149. The Balaban J connectivity index is 1.28. The van der Waals surface area contributed by atoms with Gasteiger partial charge in [0, 0.05) is 5.92 Å². The van der Waals surface area contributed by atoms with Crippen LogP contribution in [-0.4, -0.2) is 52.9 Å². The number of hydrogen-bond donors (Lipinski definition) is 2. The van der Waals surface area contributed by atoms with Crippen LogP contribution in [0, 0.1) is 36.5 Å². The zero-order valence-electron chi connectivity index (χ0n) is 30.3. The third-order valence-electron chi connectivity index (χ3n) is 11.7. The third kappa shape index (κ3) is 5.47. The summed E-state index contributed by atoms with van der Waals surface area (Å²) in [5.41, 5.74) is 6.38. The average Bonchev–Trinajstić information content (AvgIpc) is 3.56. The van der Waals surface area contributed by atoms with Crippen molar-refractivity contribution in [1.29, 1.82) is 0 Å². The number of ether oxygens (including phenoxy) is 2. The van der Waals surface area contributed by atoms with E-state index in [1.54, 1.807) is 12.1 Å². The molecule has 274 valence electrons. The lowest BCUT2D eigenvalue weighted by molar-refractivity contribution is -0.142. The Labute approximate surface area is 313 Å². The van der Waals surface area contributed by atoms with Gasteiger partial charge in [0.1, 0.15) is 0 Å². The predicted molar refractivity (Wildman–Crippen MR) is 202 cm³/mol. The van der Waals surface area contributed by atoms with Crippen LogP contribution >= 0.6 is 0 Å². The molecular weight excluding hydrogens is 682 g/mol. The minimum atomic E-state index is -1.39. The summed E-state index contributed by atoms with van der Waals surface area (Å²) in [5, 5.41) is 11.8. The van der Waals surface area contributed by atoms with Gasteiger partial charge in [-0.15, -0.1) is 0 Å². The summed E-state index contributed by atoms with van der Waals surface area (Å²) in [5.74, 6) is -4.26. The van der Waals surface area contributed by atoms with Crippen LogP contribution < -0.4 is 14.9 Å². The fraction of sp³-hybridized carbons (Fsp3) is 0.273. The molecule has 2 aliphatic heterocycles. The Morgan fingerprint density at radius 3 is 2.13 bits per heavy atom. The molecule has 2 N–H and O–H groups in total. The molecule has 0 unspecified atom stereocenters. The molecule has 10 nitrogen and oxygen atoms in total. The lowest BCUT2D eigenvalue weighted by Gasteiger charge is -2.49. The van der Waals surface area contributed by atoms with Crippen molar-refractivity contribution >= 4 is 35.4 Å². The first-order valence-electron chi connectivity index (χ1n) is 18.2. The maximum atomic E-state index is 15.3. The van der Waals surface area contributed by atoms with Crippen molar-refractivity contribution < 1.29 is 33.8 Å². The van der Waals surface area contributed by atoms with Gasteiger partial charge in [0.25, 0.3) is 11.8 Å². The first-order valence-corrected chi connectivity index (χ1v) is 18.2. The molecule has 3 fully saturated rings. The molecule has 4 amide bonds. The number of phenolic OH excluding ortho intramolecular Hbond substituents is 1. The lowest BCUT2D eigenvalue weighted by Crippen LogP contribution is -2.54. The van der Waals surface area contributed by atoms with Gasteiger partial charge in [0.05, 0.1) is 49.6 Å². The molecule has 0 bridgehead atoms. The normalized spacial score (nSPS) is 26.1. The van der Waals surface area contributed by atoms with Crippen molar-refractivity contribution in [3.05, 3.63) is 137 Å². The molecule has 10 heteroatoms. The van der Waals surface area contributed by atoms with E-state index < -0.39 is 46.8 Å². The van der Waals surface area contributed by atoms with Crippen molar-refractivity contribution in [3.8, 4) is 17.2 Å². The molecule has 6 atom stereocenters. The lowest BCUT2D eigenvalue weighted by atomic mass is 9.50. The van der Waals surface area contributed by atoms with Gasteiger partial charge >= 0.3 is 0 Å². The van der Waals surface area contributed by atoms with Crippen molar-refractivity contribution in [1.82, 2.24) is 9.91 Å². The van der Waals surface area contributed by atoms with Crippen molar-refractivity contribution in [3.63, 3.8) is 0 Å². The number of benzene rings is 4. The number of aryl methyl sites for hydroxylation is 1. The van der Waals surface area contributed by atoms with E-state index >= 15 is 4.79 Å². The van der Waals surface area contributed by atoms with E-state index in [1.165, 1.54) is 19.1 Å². The average molecular weight is 724 g/mol.